The Balaban J connectivity index is 2.10. The topological polar surface area (TPSA) is 49.8 Å². The molecule has 122 valence electrons. The molecule has 0 bridgehead atoms. The van der Waals surface area contributed by atoms with Crippen LogP contribution < -0.4 is 4.74 Å². The summed E-state index contributed by atoms with van der Waals surface area (Å²) in [5.41, 5.74) is 0.651. The predicted octanol–water partition coefficient (Wildman–Crippen LogP) is 4.23. The first-order valence-corrected chi connectivity index (χ1v) is 7.12. The SMILES string of the molecule is O=C(O)N1CCCCC1(Cl)Cc1ccc(OC(F)(F)F)cc1. The van der Waals surface area contributed by atoms with Crippen LogP contribution in [0.3, 0.4) is 0 Å². The van der Waals surface area contributed by atoms with E-state index < -0.39 is 17.5 Å². The van der Waals surface area contributed by atoms with Gasteiger partial charge < -0.3 is 9.84 Å². The van der Waals surface area contributed by atoms with Gasteiger partial charge >= 0.3 is 12.5 Å². The van der Waals surface area contributed by atoms with Crippen molar-refractivity contribution in [1.82, 2.24) is 4.90 Å². The van der Waals surface area contributed by atoms with Gasteiger partial charge in [0.25, 0.3) is 0 Å². The molecule has 0 aromatic heterocycles. The fourth-order valence-electron chi connectivity index (χ4n) is 2.57. The summed E-state index contributed by atoms with van der Waals surface area (Å²) in [6, 6.07) is 5.30. The average molecular weight is 338 g/mol. The van der Waals surface area contributed by atoms with Crippen molar-refractivity contribution < 1.29 is 27.8 Å². The summed E-state index contributed by atoms with van der Waals surface area (Å²) >= 11 is 6.45. The fraction of sp³-hybridized carbons (Fsp3) is 0.500. The van der Waals surface area contributed by atoms with Gasteiger partial charge in [0, 0.05) is 13.0 Å². The molecule has 0 aliphatic carbocycles. The number of carboxylic acid groups (broad SMARTS) is 1. The highest BCUT2D eigenvalue weighted by atomic mass is 35.5. The first-order chi connectivity index (χ1) is 10.2. The monoisotopic (exact) mass is 337 g/mol. The largest absolute Gasteiger partial charge is 0.573 e. The zero-order valence-electron chi connectivity index (χ0n) is 11.6. The number of hydrogen-bond donors (Lipinski definition) is 1. The Hall–Kier alpha value is -1.63. The van der Waals surface area contributed by atoms with E-state index in [4.69, 9.17) is 11.6 Å². The number of likely N-dealkylation sites (tertiary alicyclic amines) is 1. The van der Waals surface area contributed by atoms with Crippen LogP contribution >= 0.6 is 11.6 Å². The van der Waals surface area contributed by atoms with E-state index in [0.29, 0.717) is 18.5 Å². The third-order valence-electron chi connectivity index (χ3n) is 3.54. The van der Waals surface area contributed by atoms with Gasteiger partial charge in [0.1, 0.15) is 10.7 Å². The Morgan fingerprint density at radius 1 is 1.32 bits per heavy atom. The van der Waals surface area contributed by atoms with E-state index in [1.165, 1.54) is 29.2 Å². The number of halogens is 4. The van der Waals surface area contributed by atoms with Crippen molar-refractivity contribution in [1.29, 1.82) is 0 Å². The van der Waals surface area contributed by atoms with Crippen LogP contribution in [0.5, 0.6) is 5.75 Å². The normalized spacial score (nSPS) is 22.5. The predicted molar refractivity (Wildman–Crippen MR) is 74.0 cm³/mol. The molecule has 1 aromatic rings. The Morgan fingerprint density at radius 2 is 1.95 bits per heavy atom. The van der Waals surface area contributed by atoms with Crippen molar-refractivity contribution in [3.8, 4) is 5.75 Å². The minimum absolute atomic E-state index is 0.229. The van der Waals surface area contributed by atoms with Crippen LogP contribution in [0.15, 0.2) is 24.3 Å². The minimum Gasteiger partial charge on any atom is -0.465 e. The maximum atomic E-state index is 12.1. The van der Waals surface area contributed by atoms with Gasteiger partial charge in [-0.05, 0) is 37.0 Å². The van der Waals surface area contributed by atoms with Crippen molar-refractivity contribution >= 4 is 17.7 Å². The Morgan fingerprint density at radius 3 is 2.50 bits per heavy atom. The number of benzene rings is 1. The van der Waals surface area contributed by atoms with Crippen LogP contribution in [0.4, 0.5) is 18.0 Å². The van der Waals surface area contributed by atoms with Crippen LogP contribution in [-0.4, -0.2) is 34.0 Å². The summed E-state index contributed by atoms with van der Waals surface area (Å²) in [5, 5.41) is 9.22. The summed E-state index contributed by atoms with van der Waals surface area (Å²) in [7, 11) is 0. The number of ether oxygens (including phenoxy) is 1. The zero-order valence-corrected chi connectivity index (χ0v) is 12.3. The molecule has 1 unspecified atom stereocenters. The smallest absolute Gasteiger partial charge is 0.465 e. The molecule has 1 saturated heterocycles. The lowest BCUT2D eigenvalue weighted by Gasteiger charge is -2.41. The van der Waals surface area contributed by atoms with Gasteiger partial charge in [0.05, 0.1) is 0 Å². The van der Waals surface area contributed by atoms with Gasteiger partial charge in [-0.15, -0.1) is 13.2 Å². The van der Waals surface area contributed by atoms with Gasteiger partial charge in [0.15, 0.2) is 0 Å². The molecule has 0 spiro atoms. The number of amides is 1. The molecule has 1 fully saturated rings. The summed E-state index contributed by atoms with van der Waals surface area (Å²) in [6.07, 6.45) is -3.54. The second-order valence-corrected chi connectivity index (χ2v) is 5.88. The minimum atomic E-state index is -4.74. The molecule has 1 amide bonds. The van der Waals surface area contributed by atoms with E-state index in [-0.39, 0.29) is 12.2 Å². The lowest BCUT2D eigenvalue weighted by Crippen LogP contribution is -2.51. The van der Waals surface area contributed by atoms with Crippen LogP contribution in [0.25, 0.3) is 0 Å². The molecule has 1 N–H and O–H groups in total. The van der Waals surface area contributed by atoms with Crippen LogP contribution in [0.1, 0.15) is 24.8 Å². The number of alkyl halides is 4. The molecule has 0 saturated carbocycles. The van der Waals surface area contributed by atoms with Crippen molar-refractivity contribution in [2.24, 2.45) is 0 Å². The highest BCUT2D eigenvalue weighted by Crippen LogP contribution is 2.36. The molecule has 1 aliphatic heterocycles. The molecule has 1 atom stereocenters. The molecule has 4 nitrogen and oxygen atoms in total. The lowest BCUT2D eigenvalue weighted by molar-refractivity contribution is -0.274. The van der Waals surface area contributed by atoms with Gasteiger partial charge in [0.2, 0.25) is 0 Å². The molecule has 0 radical (unpaired) electrons. The average Bonchev–Trinajstić information content (AvgIpc) is 2.39. The van der Waals surface area contributed by atoms with Gasteiger partial charge in [-0.25, -0.2) is 4.79 Å². The van der Waals surface area contributed by atoms with E-state index in [1.807, 2.05) is 0 Å². The molecular formula is C14H15ClF3NO3. The van der Waals surface area contributed by atoms with Crippen molar-refractivity contribution in [3.63, 3.8) is 0 Å². The van der Waals surface area contributed by atoms with Crippen LogP contribution in [0.2, 0.25) is 0 Å². The molecular weight excluding hydrogens is 323 g/mol. The standard InChI is InChI=1S/C14H15ClF3NO3/c15-13(7-1-2-8-19(13)12(20)21)9-10-3-5-11(6-4-10)22-14(16,17)18/h3-6H,1-2,7-9H2,(H,20,21). The van der Waals surface area contributed by atoms with Gasteiger partial charge in [-0.1, -0.05) is 23.7 Å². The third kappa shape index (κ3) is 4.19. The molecule has 1 aliphatic rings. The maximum absolute atomic E-state index is 12.1. The molecule has 2 rings (SSSR count). The van der Waals surface area contributed by atoms with E-state index in [9.17, 15) is 23.1 Å². The van der Waals surface area contributed by atoms with Crippen molar-refractivity contribution in [3.05, 3.63) is 29.8 Å². The molecule has 1 heterocycles. The molecule has 8 heteroatoms. The highest BCUT2D eigenvalue weighted by molar-refractivity contribution is 6.24. The lowest BCUT2D eigenvalue weighted by atomic mass is 9.95. The van der Waals surface area contributed by atoms with E-state index in [1.54, 1.807) is 0 Å². The van der Waals surface area contributed by atoms with Crippen molar-refractivity contribution in [2.45, 2.75) is 37.0 Å². The number of nitrogens with zero attached hydrogens (tertiary/aromatic N) is 1. The number of rotatable bonds is 3. The Bertz CT molecular complexity index is 535. The molecule has 22 heavy (non-hydrogen) atoms. The first-order valence-electron chi connectivity index (χ1n) is 6.74. The number of hydrogen-bond acceptors (Lipinski definition) is 2. The van der Waals surface area contributed by atoms with Gasteiger partial charge in [-0.2, -0.15) is 0 Å². The first kappa shape index (κ1) is 16.7. The Labute approximate surface area is 130 Å². The number of piperidine rings is 1. The molecule has 1 aromatic carbocycles. The highest BCUT2D eigenvalue weighted by Gasteiger charge is 2.40. The van der Waals surface area contributed by atoms with Crippen molar-refractivity contribution in [2.75, 3.05) is 6.54 Å². The second kappa shape index (κ2) is 6.24. The van der Waals surface area contributed by atoms with E-state index in [0.717, 1.165) is 12.8 Å². The Kier molecular flexibility index (Phi) is 4.75. The van der Waals surface area contributed by atoms with Crippen LogP contribution in [0, 0.1) is 0 Å². The third-order valence-corrected chi connectivity index (χ3v) is 4.06. The summed E-state index contributed by atoms with van der Waals surface area (Å²) in [4.78, 5) is 11.4. The maximum Gasteiger partial charge on any atom is 0.573 e. The van der Waals surface area contributed by atoms with E-state index >= 15 is 0 Å². The summed E-state index contributed by atoms with van der Waals surface area (Å²) < 4.78 is 40.1. The second-order valence-electron chi connectivity index (χ2n) is 5.18. The zero-order chi connectivity index (χ0) is 16.4. The van der Waals surface area contributed by atoms with Gasteiger partial charge in [-0.3, -0.25) is 4.90 Å². The fourth-order valence-corrected chi connectivity index (χ4v) is 3.02. The summed E-state index contributed by atoms with van der Waals surface area (Å²) in [6.45, 7) is 0.355. The van der Waals surface area contributed by atoms with Crippen LogP contribution in [-0.2, 0) is 6.42 Å². The summed E-state index contributed by atoms with van der Waals surface area (Å²) in [5.74, 6) is -0.321. The quantitative estimate of drug-likeness (QED) is 0.663. The number of carbonyl (C=O) groups is 1. The van der Waals surface area contributed by atoms with E-state index in [2.05, 4.69) is 4.74 Å².